The number of nitriles is 1. The Bertz CT molecular complexity index is 609. The molecule has 0 aliphatic rings. The third kappa shape index (κ3) is 2.69. The molecular weight excluding hydrogens is 234 g/mol. The van der Waals surface area contributed by atoms with E-state index in [0.717, 1.165) is 17.9 Å². The van der Waals surface area contributed by atoms with E-state index in [0.29, 0.717) is 11.3 Å². The van der Waals surface area contributed by atoms with Crippen molar-refractivity contribution in [3.8, 4) is 6.07 Å². The van der Waals surface area contributed by atoms with Gasteiger partial charge in [-0.2, -0.15) is 5.26 Å². The number of benzene rings is 2. The van der Waals surface area contributed by atoms with E-state index in [1.807, 2.05) is 6.07 Å². The second-order valence-corrected chi connectivity index (χ2v) is 4.47. The van der Waals surface area contributed by atoms with Crippen molar-refractivity contribution in [3.05, 3.63) is 53.6 Å². The lowest BCUT2D eigenvalue weighted by Crippen LogP contribution is -2.17. The number of nitrogens with zero attached hydrogens (tertiary/aromatic N) is 2. The monoisotopic (exact) mass is 251 g/mol. The Morgan fingerprint density at radius 3 is 2.37 bits per heavy atom. The van der Waals surface area contributed by atoms with Gasteiger partial charge in [0.15, 0.2) is 0 Å². The van der Waals surface area contributed by atoms with Crippen LogP contribution in [0.4, 0.5) is 17.1 Å². The summed E-state index contributed by atoms with van der Waals surface area (Å²) < 4.78 is 0. The van der Waals surface area contributed by atoms with E-state index in [2.05, 4.69) is 49.1 Å². The second-order valence-electron chi connectivity index (χ2n) is 4.47. The van der Waals surface area contributed by atoms with Crippen LogP contribution in [0.2, 0.25) is 0 Å². The first kappa shape index (κ1) is 13.0. The molecule has 0 unspecified atom stereocenters. The molecule has 0 saturated heterocycles. The minimum absolute atomic E-state index is 0.584. The zero-order chi connectivity index (χ0) is 13.8. The predicted molar refractivity (Wildman–Crippen MR) is 79.4 cm³/mol. The highest BCUT2D eigenvalue weighted by atomic mass is 15.1. The van der Waals surface area contributed by atoms with Gasteiger partial charge >= 0.3 is 0 Å². The lowest BCUT2D eigenvalue weighted by Gasteiger charge is -2.25. The van der Waals surface area contributed by atoms with Gasteiger partial charge in [-0.1, -0.05) is 17.7 Å². The fraction of sp³-hybridized carbons (Fsp3) is 0.188. The normalized spacial score (nSPS) is 9.95. The van der Waals surface area contributed by atoms with Crippen LogP contribution >= 0.6 is 0 Å². The molecule has 2 aromatic rings. The van der Waals surface area contributed by atoms with E-state index in [1.54, 1.807) is 12.1 Å². The molecule has 0 aromatic heterocycles. The summed E-state index contributed by atoms with van der Waals surface area (Å²) in [6.07, 6.45) is 0. The van der Waals surface area contributed by atoms with Crippen LogP contribution in [0.5, 0.6) is 0 Å². The Morgan fingerprint density at radius 1 is 1.16 bits per heavy atom. The molecule has 0 aliphatic heterocycles. The Hall–Kier alpha value is -2.47. The molecule has 0 saturated carbocycles. The van der Waals surface area contributed by atoms with Crippen molar-refractivity contribution in [2.24, 2.45) is 0 Å². The summed E-state index contributed by atoms with van der Waals surface area (Å²) in [5.74, 6) is 0. The molecule has 19 heavy (non-hydrogen) atoms. The molecule has 0 aliphatic carbocycles. The summed E-state index contributed by atoms with van der Waals surface area (Å²) in [5, 5.41) is 8.88. The topological polar surface area (TPSA) is 53.0 Å². The molecule has 2 aromatic carbocycles. The SMILES string of the molecule is CCN(c1ccc(C)cc1)c1ccc(C#N)cc1N. The quantitative estimate of drug-likeness (QED) is 0.848. The Kier molecular flexibility index (Phi) is 3.72. The number of anilines is 3. The van der Waals surface area contributed by atoms with Gasteiger partial charge in [-0.3, -0.25) is 0 Å². The summed E-state index contributed by atoms with van der Waals surface area (Å²) in [5.41, 5.74) is 10.5. The summed E-state index contributed by atoms with van der Waals surface area (Å²) in [6, 6.07) is 15.8. The average Bonchev–Trinajstić information content (AvgIpc) is 2.43. The number of aryl methyl sites for hydroxylation is 1. The maximum atomic E-state index is 8.88. The van der Waals surface area contributed by atoms with Crippen LogP contribution in [0.25, 0.3) is 0 Å². The molecule has 0 radical (unpaired) electrons. The zero-order valence-electron chi connectivity index (χ0n) is 11.2. The van der Waals surface area contributed by atoms with Crippen molar-refractivity contribution in [1.82, 2.24) is 0 Å². The molecule has 0 bridgehead atoms. The van der Waals surface area contributed by atoms with Crippen LogP contribution < -0.4 is 10.6 Å². The lowest BCUT2D eigenvalue weighted by molar-refractivity contribution is 1.02. The molecule has 0 heterocycles. The maximum absolute atomic E-state index is 8.88. The molecule has 3 heteroatoms. The van der Waals surface area contributed by atoms with Crippen LogP contribution in [0.3, 0.4) is 0 Å². The minimum atomic E-state index is 0.584. The van der Waals surface area contributed by atoms with E-state index in [4.69, 9.17) is 11.0 Å². The molecule has 3 nitrogen and oxygen atoms in total. The number of nitrogens with two attached hydrogens (primary N) is 1. The van der Waals surface area contributed by atoms with Crippen molar-refractivity contribution in [1.29, 1.82) is 5.26 Å². The number of hydrogen-bond donors (Lipinski definition) is 1. The summed E-state index contributed by atoms with van der Waals surface area (Å²) in [4.78, 5) is 2.13. The highest BCUT2D eigenvalue weighted by Crippen LogP contribution is 2.30. The van der Waals surface area contributed by atoms with Crippen molar-refractivity contribution in [3.63, 3.8) is 0 Å². The third-order valence-electron chi connectivity index (χ3n) is 3.11. The fourth-order valence-electron chi connectivity index (χ4n) is 2.09. The molecular formula is C16H17N3. The van der Waals surface area contributed by atoms with Crippen LogP contribution in [-0.2, 0) is 0 Å². The van der Waals surface area contributed by atoms with Crippen molar-refractivity contribution >= 4 is 17.1 Å². The van der Waals surface area contributed by atoms with Gasteiger partial charge in [-0.05, 0) is 44.2 Å². The van der Waals surface area contributed by atoms with E-state index in [9.17, 15) is 0 Å². The maximum Gasteiger partial charge on any atom is 0.0992 e. The highest BCUT2D eigenvalue weighted by molar-refractivity contribution is 5.76. The Balaban J connectivity index is 2.42. The Morgan fingerprint density at radius 2 is 1.84 bits per heavy atom. The number of nitrogen functional groups attached to an aromatic ring is 1. The van der Waals surface area contributed by atoms with Crippen LogP contribution in [0, 0.1) is 18.3 Å². The van der Waals surface area contributed by atoms with Crippen LogP contribution in [0.1, 0.15) is 18.1 Å². The van der Waals surface area contributed by atoms with Gasteiger partial charge in [0.05, 0.1) is 23.0 Å². The van der Waals surface area contributed by atoms with Gasteiger partial charge in [0, 0.05) is 12.2 Å². The van der Waals surface area contributed by atoms with Crippen LogP contribution in [-0.4, -0.2) is 6.54 Å². The first-order chi connectivity index (χ1) is 9.15. The largest absolute Gasteiger partial charge is 0.397 e. The van der Waals surface area contributed by atoms with Crippen molar-refractivity contribution in [2.75, 3.05) is 17.2 Å². The summed E-state index contributed by atoms with van der Waals surface area (Å²) in [7, 11) is 0. The predicted octanol–water partition coefficient (Wildman–Crippen LogP) is 3.61. The second kappa shape index (κ2) is 5.45. The minimum Gasteiger partial charge on any atom is -0.397 e. The van der Waals surface area contributed by atoms with E-state index in [1.165, 1.54) is 5.56 Å². The van der Waals surface area contributed by atoms with Gasteiger partial charge in [0.25, 0.3) is 0 Å². The molecule has 0 atom stereocenters. The molecule has 0 fully saturated rings. The zero-order valence-corrected chi connectivity index (χ0v) is 11.2. The van der Waals surface area contributed by atoms with Gasteiger partial charge in [-0.15, -0.1) is 0 Å². The molecule has 2 rings (SSSR count). The average molecular weight is 251 g/mol. The smallest absolute Gasteiger partial charge is 0.0992 e. The molecule has 0 amide bonds. The first-order valence-corrected chi connectivity index (χ1v) is 6.29. The molecule has 96 valence electrons. The number of rotatable bonds is 3. The van der Waals surface area contributed by atoms with Crippen molar-refractivity contribution in [2.45, 2.75) is 13.8 Å². The summed E-state index contributed by atoms with van der Waals surface area (Å²) in [6.45, 7) is 4.97. The van der Waals surface area contributed by atoms with E-state index < -0.39 is 0 Å². The standard InChI is InChI=1S/C16H17N3/c1-3-19(14-7-4-12(2)5-8-14)16-9-6-13(11-17)10-15(16)18/h4-10H,3,18H2,1-2H3. The molecule has 0 spiro atoms. The van der Waals surface area contributed by atoms with Crippen molar-refractivity contribution < 1.29 is 0 Å². The summed E-state index contributed by atoms with van der Waals surface area (Å²) >= 11 is 0. The van der Waals surface area contributed by atoms with Crippen LogP contribution in [0.15, 0.2) is 42.5 Å². The van der Waals surface area contributed by atoms with E-state index in [-0.39, 0.29) is 0 Å². The first-order valence-electron chi connectivity index (χ1n) is 6.29. The van der Waals surface area contributed by atoms with Gasteiger partial charge in [0.2, 0.25) is 0 Å². The number of hydrogen-bond acceptors (Lipinski definition) is 3. The van der Waals surface area contributed by atoms with Gasteiger partial charge in [-0.25, -0.2) is 0 Å². The molecule has 2 N–H and O–H groups in total. The fourth-order valence-corrected chi connectivity index (χ4v) is 2.09. The van der Waals surface area contributed by atoms with Gasteiger partial charge in [0.1, 0.15) is 0 Å². The highest BCUT2D eigenvalue weighted by Gasteiger charge is 2.10. The third-order valence-corrected chi connectivity index (χ3v) is 3.11. The lowest BCUT2D eigenvalue weighted by atomic mass is 10.1. The Labute approximate surface area is 113 Å². The van der Waals surface area contributed by atoms with Gasteiger partial charge < -0.3 is 10.6 Å². The van der Waals surface area contributed by atoms with E-state index >= 15 is 0 Å².